The van der Waals surface area contributed by atoms with Gasteiger partial charge >= 0.3 is 0 Å². The third kappa shape index (κ3) is 3.92. The number of imidazole rings is 1. The molecule has 0 unspecified atom stereocenters. The van der Waals surface area contributed by atoms with Crippen LogP contribution in [-0.4, -0.2) is 35.6 Å². The molecular formula is C22H27N3O4S. The highest BCUT2D eigenvalue weighted by atomic mass is 32.2. The molecule has 0 aliphatic rings. The maximum absolute atomic E-state index is 13.1. The summed E-state index contributed by atoms with van der Waals surface area (Å²) in [5.74, 6) is 0.0446. The summed E-state index contributed by atoms with van der Waals surface area (Å²) in [5, 5.41) is 2.88. The van der Waals surface area contributed by atoms with E-state index in [4.69, 9.17) is 4.74 Å². The molecule has 160 valence electrons. The zero-order valence-corrected chi connectivity index (χ0v) is 18.9. The fourth-order valence-corrected chi connectivity index (χ4v) is 4.25. The van der Waals surface area contributed by atoms with Gasteiger partial charge in [-0.1, -0.05) is 26.0 Å². The van der Waals surface area contributed by atoms with Crippen LogP contribution in [0.3, 0.4) is 0 Å². The average molecular weight is 430 g/mol. The lowest BCUT2D eigenvalue weighted by Crippen LogP contribution is -2.28. The highest BCUT2D eigenvalue weighted by Gasteiger charge is 2.34. The van der Waals surface area contributed by atoms with Crippen molar-refractivity contribution in [3.63, 3.8) is 0 Å². The summed E-state index contributed by atoms with van der Waals surface area (Å²) in [6.07, 6.45) is 3.22. The Kier molecular flexibility index (Phi) is 5.64. The number of benzene rings is 1. The molecule has 7 nitrogen and oxygen atoms in total. The summed E-state index contributed by atoms with van der Waals surface area (Å²) < 4.78 is 32.3. The number of carbonyl (C=O) groups excluding carboxylic acids is 1. The van der Waals surface area contributed by atoms with Gasteiger partial charge in [0, 0.05) is 29.4 Å². The molecular weight excluding hydrogens is 402 g/mol. The number of anilines is 1. The van der Waals surface area contributed by atoms with Crippen molar-refractivity contribution in [2.24, 2.45) is 5.92 Å². The summed E-state index contributed by atoms with van der Waals surface area (Å²) in [6.45, 7) is 8.62. The normalized spacial score (nSPS) is 12.4. The third-order valence-corrected chi connectivity index (χ3v) is 7.34. The van der Waals surface area contributed by atoms with E-state index in [9.17, 15) is 13.2 Å². The van der Waals surface area contributed by atoms with E-state index in [2.05, 4.69) is 10.3 Å². The van der Waals surface area contributed by atoms with Crippen LogP contribution >= 0.6 is 0 Å². The van der Waals surface area contributed by atoms with E-state index in [1.165, 1.54) is 7.11 Å². The summed E-state index contributed by atoms with van der Waals surface area (Å²) in [5.41, 5.74) is 2.73. The van der Waals surface area contributed by atoms with Crippen molar-refractivity contribution in [1.29, 1.82) is 0 Å². The van der Waals surface area contributed by atoms with Gasteiger partial charge in [-0.05, 0) is 32.9 Å². The zero-order valence-electron chi connectivity index (χ0n) is 18.1. The zero-order chi connectivity index (χ0) is 22.3. The molecule has 30 heavy (non-hydrogen) atoms. The van der Waals surface area contributed by atoms with Crippen molar-refractivity contribution in [2.45, 2.75) is 44.3 Å². The smallest absolute Gasteiger partial charge is 0.226 e. The summed E-state index contributed by atoms with van der Waals surface area (Å²) >= 11 is 0. The van der Waals surface area contributed by atoms with E-state index >= 15 is 0 Å². The quantitative estimate of drug-likeness (QED) is 0.657. The summed E-state index contributed by atoms with van der Waals surface area (Å²) in [6, 6.07) is 8.99. The Morgan fingerprint density at radius 3 is 2.50 bits per heavy atom. The van der Waals surface area contributed by atoms with Gasteiger partial charge in [0.2, 0.25) is 5.91 Å². The number of methoxy groups -OCH3 is 1. The molecule has 0 saturated heterocycles. The monoisotopic (exact) mass is 429 g/mol. The Hall–Kier alpha value is -2.87. The topological polar surface area (TPSA) is 89.8 Å². The van der Waals surface area contributed by atoms with Gasteiger partial charge in [-0.15, -0.1) is 0 Å². The van der Waals surface area contributed by atoms with Crippen LogP contribution in [0.5, 0.6) is 5.75 Å². The molecule has 3 aromatic rings. The number of sulfone groups is 1. The molecule has 1 amide bonds. The van der Waals surface area contributed by atoms with Crippen LogP contribution in [0.2, 0.25) is 0 Å². The Labute approximate surface area is 177 Å². The molecule has 1 N–H and O–H groups in total. The van der Waals surface area contributed by atoms with Crippen LogP contribution in [0.25, 0.3) is 16.9 Å². The second kappa shape index (κ2) is 7.75. The molecule has 3 rings (SSSR count). The Balaban J connectivity index is 2.16. The first-order chi connectivity index (χ1) is 14.0. The first-order valence-electron chi connectivity index (χ1n) is 9.66. The number of hydrogen-bond donors (Lipinski definition) is 1. The van der Waals surface area contributed by atoms with Crippen LogP contribution in [-0.2, 0) is 14.6 Å². The van der Waals surface area contributed by atoms with Crippen LogP contribution in [0.4, 0.5) is 5.69 Å². The van der Waals surface area contributed by atoms with Gasteiger partial charge in [-0.3, -0.25) is 9.20 Å². The van der Waals surface area contributed by atoms with E-state index in [0.717, 1.165) is 5.56 Å². The third-order valence-electron chi connectivity index (χ3n) is 4.84. The van der Waals surface area contributed by atoms with Crippen molar-refractivity contribution in [2.75, 3.05) is 12.4 Å². The van der Waals surface area contributed by atoms with Crippen molar-refractivity contribution in [3.8, 4) is 17.0 Å². The fourth-order valence-electron chi connectivity index (χ4n) is 2.93. The highest BCUT2D eigenvalue weighted by molar-refractivity contribution is 7.92. The largest absolute Gasteiger partial charge is 0.495 e. The molecule has 0 spiro atoms. The molecule has 0 bridgehead atoms. The minimum atomic E-state index is -3.65. The Bertz CT molecular complexity index is 1200. The second-order valence-corrected chi connectivity index (χ2v) is 11.1. The van der Waals surface area contributed by atoms with Crippen molar-refractivity contribution in [3.05, 3.63) is 42.7 Å². The van der Waals surface area contributed by atoms with Gasteiger partial charge in [0.05, 0.1) is 23.7 Å². The number of hydrogen-bond acceptors (Lipinski definition) is 5. The lowest BCUT2D eigenvalue weighted by Gasteiger charge is -2.21. The molecule has 0 saturated carbocycles. The summed E-state index contributed by atoms with van der Waals surface area (Å²) in [7, 11) is -2.21. The number of rotatable bonds is 5. The first kappa shape index (κ1) is 21.8. The molecule has 0 aliphatic heterocycles. The van der Waals surface area contributed by atoms with Crippen molar-refractivity contribution >= 4 is 27.1 Å². The number of carbonyl (C=O) groups is 1. The van der Waals surface area contributed by atoms with Crippen molar-refractivity contribution in [1.82, 2.24) is 9.38 Å². The van der Waals surface area contributed by atoms with E-state index in [1.54, 1.807) is 43.6 Å². The predicted molar refractivity (Wildman–Crippen MR) is 118 cm³/mol. The Morgan fingerprint density at radius 1 is 1.20 bits per heavy atom. The van der Waals surface area contributed by atoms with Gasteiger partial charge in [0.25, 0.3) is 0 Å². The van der Waals surface area contributed by atoms with Crippen LogP contribution < -0.4 is 10.1 Å². The molecule has 0 fully saturated rings. The molecule has 8 heteroatoms. The number of nitrogens with one attached hydrogen (secondary N) is 1. The van der Waals surface area contributed by atoms with E-state index in [0.29, 0.717) is 17.0 Å². The molecule has 0 radical (unpaired) electrons. The van der Waals surface area contributed by atoms with Crippen LogP contribution in [0.1, 0.15) is 34.6 Å². The average Bonchev–Trinajstić information content (AvgIpc) is 3.09. The van der Waals surface area contributed by atoms with Gasteiger partial charge < -0.3 is 10.1 Å². The van der Waals surface area contributed by atoms with Crippen LogP contribution in [0.15, 0.2) is 47.6 Å². The lowest BCUT2D eigenvalue weighted by molar-refractivity contribution is -0.118. The SMILES string of the molecule is COc1cc2ncc(-c3cccc(NC(=O)C(C)C)c3)n2cc1S(=O)(=O)C(C)(C)C. The maximum atomic E-state index is 13.1. The minimum absolute atomic E-state index is 0.0754. The number of amides is 1. The molecule has 0 atom stereocenters. The molecule has 0 aliphatic carbocycles. The summed E-state index contributed by atoms with van der Waals surface area (Å²) in [4.78, 5) is 16.5. The highest BCUT2D eigenvalue weighted by Crippen LogP contribution is 2.34. The van der Waals surface area contributed by atoms with E-state index < -0.39 is 14.6 Å². The van der Waals surface area contributed by atoms with E-state index in [-0.39, 0.29) is 22.5 Å². The predicted octanol–water partition coefficient (Wildman–Crippen LogP) is 4.18. The van der Waals surface area contributed by atoms with Gasteiger partial charge in [-0.2, -0.15) is 0 Å². The molecule has 2 heterocycles. The standard InChI is InChI=1S/C22H27N3O4S/c1-14(2)21(26)24-16-9-7-8-15(10-16)17-12-23-20-11-18(29-6)19(13-25(17)20)30(27,28)22(3,4)5/h7-14H,1-6H3,(H,24,26). The number of nitrogens with zero attached hydrogens (tertiary/aromatic N) is 2. The maximum Gasteiger partial charge on any atom is 0.226 e. The first-order valence-corrected chi connectivity index (χ1v) is 11.1. The minimum Gasteiger partial charge on any atom is -0.495 e. The second-order valence-electron chi connectivity index (χ2n) is 8.42. The van der Waals surface area contributed by atoms with Crippen LogP contribution in [0, 0.1) is 5.92 Å². The number of pyridine rings is 1. The van der Waals surface area contributed by atoms with Crippen molar-refractivity contribution < 1.29 is 17.9 Å². The lowest BCUT2D eigenvalue weighted by atomic mass is 10.1. The molecule has 2 aromatic heterocycles. The van der Waals surface area contributed by atoms with Gasteiger partial charge in [0.1, 0.15) is 16.3 Å². The fraction of sp³-hybridized carbons (Fsp3) is 0.364. The Morgan fingerprint density at radius 2 is 1.90 bits per heavy atom. The van der Waals surface area contributed by atoms with Gasteiger partial charge in [-0.25, -0.2) is 13.4 Å². The number of aromatic nitrogens is 2. The molecule has 1 aromatic carbocycles. The van der Waals surface area contributed by atoms with E-state index in [1.807, 2.05) is 38.1 Å². The number of fused-ring (bicyclic) bond motifs is 1. The number of ether oxygens (including phenoxy) is 1. The van der Waals surface area contributed by atoms with Gasteiger partial charge in [0.15, 0.2) is 9.84 Å².